The molecule has 2 unspecified atom stereocenters. The summed E-state index contributed by atoms with van der Waals surface area (Å²) in [6.45, 7) is 8.75. The van der Waals surface area contributed by atoms with Gasteiger partial charge in [0.15, 0.2) is 0 Å². The van der Waals surface area contributed by atoms with Gasteiger partial charge in [0.05, 0.1) is 11.7 Å². The van der Waals surface area contributed by atoms with E-state index in [4.69, 9.17) is 30.4 Å². The normalized spacial score (nSPS) is 45.1. The molecule has 5 heteroatoms. The maximum absolute atomic E-state index is 11.5. The van der Waals surface area contributed by atoms with Crippen LogP contribution in [0.1, 0.15) is 79.1 Å². The van der Waals surface area contributed by atoms with Gasteiger partial charge in [-0.2, -0.15) is 25.3 Å². The van der Waals surface area contributed by atoms with Crippen LogP contribution < -0.4 is 0 Å². The van der Waals surface area contributed by atoms with Gasteiger partial charge in [0.1, 0.15) is 0 Å². The van der Waals surface area contributed by atoms with Crippen LogP contribution in [0.2, 0.25) is 0 Å². The van der Waals surface area contributed by atoms with Crippen LogP contribution in [0.15, 0.2) is 0 Å². The SMILES string of the molecule is CCCCC(C)[C@@]1(S)C(C)[C@H](O)C[C@@]2(O)C[C@@](S)(CC)CC[C@@H]21.CO. The Bertz CT molecular complexity index is 422. The molecule has 0 radical (unpaired) electrons. The van der Waals surface area contributed by atoms with Crippen molar-refractivity contribution in [1.29, 1.82) is 0 Å². The standard InChI is InChI=1S/C19H36O2S2.CH4O/c1-5-7-8-13(3)19(23)14(4)15(20)11-18(21)12-17(22,6-2)10-9-16(18)19;1-2/h13-16,20-23H,5-12H2,1-4H3;2H,1H3/t13?,14?,15-,16+,17-,18-,19-;/m1./s1. The van der Waals surface area contributed by atoms with Crippen molar-refractivity contribution in [2.24, 2.45) is 17.8 Å². The zero-order valence-electron chi connectivity index (χ0n) is 16.7. The van der Waals surface area contributed by atoms with Gasteiger partial charge in [-0.15, -0.1) is 0 Å². The minimum atomic E-state index is -0.829. The Morgan fingerprint density at radius 2 is 1.80 bits per heavy atom. The molecule has 25 heavy (non-hydrogen) atoms. The number of rotatable bonds is 5. The molecule has 0 aromatic heterocycles. The molecule has 2 fully saturated rings. The van der Waals surface area contributed by atoms with Crippen molar-refractivity contribution in [3.8, 4) is 0 Å². The topological polar surface area (TPSA) is 60.7 Å². The van der Waals surface area contributed by atoms with Crippen LogP contribution in [-0.2, 0) is 0 Å². The highest BCUT2D eigenvalue weighted by atomic mass is 32.1. The van der Waals surface area contributed by atoms with Crippen LogP contribution >= 0.6 is 25.3 Å². The quantitative estimate of drug-likeness (QED) is 0.458. The second-order valence-electron chi connectivity index (χ2n) is 8.44. The van der Waals surface area contributed by atoms with Gasteiger partial charge in [-0.1, -0.05) is 40.5 Å². The summed E-state index contributed by atoms with van der Waals surface area (Å²) in [5.74, 6) is 0.647. The third-order valence-corrected chi connectivity index (χ3v) is 8.91. The third-order valence-electron chi connectivity index (χ3n) is 7.05. The summed E-state index contributed by atoms with van der Waals surface area (Å²) in [4.78, 5) is 0. The van der Waals surface area contributed by atoms with Crippen molar-refractivity contribution in [2.75, 3.05) is 7.11 Å². The molecule has 2 saturated carbocycles. The smallest absolute Gasteiger partial charge is 0.0727 e. The summed E-state index contributed by atoms with van der Waals surface area (Å²) < 4.78 is -0.405. The number of hydrogen-bond donors (Lipinski definition) is 5. The van der Waals surface area contributed by atoms with Crippen molar-refractivity contribution in [2.45, 2.75) is 100 Å². The molecule has 2 aliphatic rings. The van der Waals surface area contributed by atoms with E-state index in [1.165, 1.54) is 12.8 Å². The highest BCUT2D eigenvalue weighted by molar-refractivity contribution is 7.82. The Morgan fingerprint density at radius 3 is 2.32 bits per heavy atom. The van der Waals surface area contributed by atoms with E-state index in [0.29, 0.717) is 18.8 Å². The summed E-state index contributed by atoms with van der Waals surface area (Å²) in [5, 5.41) is 29.2. The molecule has 2 aliphatic carbocycles. The van der Waals surface area contributed by atoms with Crippen molar-refractivity contribution in [3.05, 3.63) is 0 Å². The van der Waals surface area contributed by atoms with Crippen molar-refractivity contribution >= 4 is 25.3 Å². The van der Waals surface area contributed by atoms with Gasteiger partial charge in [0, 0.05) is 28.9 Å². The molecule has 7 atom stereocenters. The van der Waals surface area contributed by atoms with Crippen LogP contribution in [0, 0.1) is 17.8 Å². The number of unbranched alkanes of at least 4 members (excludes halogenated alkanes) is 1. The summed E-state index contributed by atoms with van der Waals surface area (Å²) in [5.41, 5.74) is -0.829. The van der Waals surface area contributed by atoms with Crippen LogP contribution in [0.25, 0.3) is 0 Å². The summed E-state index contributed by atoms with van der Waals surface area (Å²) in [6, 6.07) is 0. The molecule has 0 amide bonds. The molecule has 0 spiro atoms. The first-order valence-electron chi connectivity index (χ1n) is 9.93. The van der Waals surface area contributed by atoms with Crippen molar-refractivity contribution in [1.82, 2.24) is 0 Å². The molecule has 0 saturated heterocycles. The fourth-order valence-electron chi connectivity index (χ4n) is 5.34. The molecule has 0 aliphatic heterocycles. The van der Waals surface area contributed by atoms with Crippen LogP contribution in [0.4, 0.5) is 0 Å². The monoisotopic (exact) mass is 392 g/mol. The first-order valence-corrected chi connectivity index (χ1v) is 10.8. The second kappa shape index (κ2) is 9.18. The Morgan fingerprint density at radius 1 is 1.20 bits per heavy atom. The Balaban J connectivity index is 0.00000151. The minimum absolute atomic E-state index is 0.104. The lowest BCUT2D eigenvalue weighted by Crippen LogP contribution is -2.66. The minimum Gasteiger partial charge on any atom is -0.400 e. The van der Waals surface area contributed by atoms with E-state index in [0.717, 1.165) is 32.8 Å². The molecular weight excluding hydrogens is 352 g/mol. The molecule has 3 nitrogen and oxygen atoms in total. The van der Waals surface area contributed by atoms with E-state index < -0.39 is 11.7 Å². The Kier molecular flexibility index (Phi) is 8.67. The predicted octanol–water partition coefficient (Wildman–Crippen LogP) is 4.10. The van der Waals surface area contributed by atoms with Crippen molar-refractivity contribution in [3.63, 3.8) is 0 Å². The molecular formula is C20H40O3S2. The Hall–Kier alpha value is 0.580. The number of hydrogen-bond acceptors (Lipinski definition) is 5. The maximum Gasteiger partial charge on any atom is 0.0727 e. The highest BCUT2D eigenvalue weighted by Gasteiger charge is 2.62. The Labute approximate surface area is 165 Å². The molecule has 3 N–H and O–H groups in total. The van der Waals surface area contributed by atoms with Gasteiger partial charge in [0.25, 0.3) is 0 Å². The highest BCUT2D eigenvalue weighted by Crippen LogP contribution is 2.60. The average Bonchev–Trinajstić information content (AvgIpc) is 2.58. The molecule has 0 aromatic rings. The van der Waals surface area contributed by atoms with Crippen LogP contribution in [0.5, 0.6) is 0 Å². The lowest BCUT2D eigenvalue weighted by atomic mass is 9.53. The summed E-state index contributed by atoms with van der Waals surface area (Å²) in [6.07, 6.45) is 7.10. The van der Waals surface area contributed by atoms with Gasteiger partial charge in [-0.25, -0.2) is 0 Å². The van der Waals surface area contributed by atoms with Gasteiger partial charge in [-0.05, 0) is 43.9 Å². The molecule has 150 valence electrons. The largest absolute Gasteiger partial charge is 0.400 e. The molecule has 2 rings (SSSR count). The van der Waals surface area contributed by atoms with Crippen LogP contribution in [0.3, 0.4) is 0 Å². The van der Waals surface area contributed by atoms with E-state index in [-0.39, 0.29) is 21.3 Å². The summed E-state index contributed by atoms with van der Waals surface area (Å²) >= 11 is 10.1. The average molecular weight is 393 g/mol. The first-order chi connectivity index (χ1) is 11.6. The number of aliphatic hydroxyl groups excluding tert-OH is 2. The fraction of sp³-hybridized carbons (Fsp3) is 1.00. The maximum atomic E-state index is 11.5. The number of fused-ring (bicyclic) bond motifs is 1. The zero-order chi connectivity index (χ0) is 19.5. The van der Waals surface area contributed by atoms with E-state index >= 15 is 0 Å². The van der Waals surface area contributed by atoms with Gasteiger partial charge >= 0.3 is 0 Å². The van der Waals surface area contributed by atoms with Gasteiger partial charge in [0.2, 0.25) is 0 Å². The second-order valence-corrected chi connectivity index (χ2v) is 10.2. The molecule has 0 bridgehead atoms. The van der Waals surface area contributed by atoms with E-state index in [1.807, 2.05) is 0 Å². The lowest BCUT2D eigenvalue weighted by Gasteiger charge is -2.62. The molecule has 0 aromatic carbocycles. The lowest BCUT2D eigenvalue weighted by molar-refractivity contribution is -0.158. The van der Waals surface area contributed by atoms with Crippen molar-refractivity contribution < 1.29 is 15.3 Å². The van der Waals surface area contributed by atoms with E-state index in [2.05, 4.69) is 27.7 Å². The molecule has 0 heterocycles. The number of thiol groups is 2. The third kappa shape index (κ3) is 4.53. The van der Waals surface area contributed by atoms with E-state index in [1.54, 1.807) is 0 Å². The van der Waals surface area contributed by atoms with Gasteiger partial charge < -0.3 is 15.3 Å². The summed E-state index contributed by atoms with van der Waals surface area (Å²) in [7, 11) is 1.00. The zero-order valence-corrected chi connectivity index (χ0v) is 18.5. The first kappa shape index (κ1) is 23.6. The van der Waals surface area contributed by atoms with E-state index in [9.17, 15) is 10.2 Å². The van der Waals surface area contributed by atoms with Gasteiger partial charge in [-0.3, -0.25) is 0 Å². The fourth-order valence-corrected chi connectivity index (χ4v) is 6.41. The number of aliphatic hydroxyl groups is 3. The van der Waals surface area contributed by atoms with Crippen LogP contribution in [-0.4, -0.2) is 43.6 Å². The predicted molar refractivity (Wildman–Crippen MR) is 113 cm³/mol.